The van der Waals surface area contributed by atoms with E-state index in [2.05, 4.69) is 10.8 Å². The lowest BCUT2D eigenvalue weighted by Gasteiger charge is -2.46. The molecule has 3 unspecified atom stereocenters. The third-order valence-electron chi connectivity index (χ3n) is 5.02. The van der Waals surface area contributed by atoms with E-state index in [4.69, 9.17) is 4.74 Å². The van der Waals surface area contributed by atoms with Crippen LogP contribution in [0.2, 0.25) is 0 Å². The van der Waals surface area contributed by atoms with Crippen LogP contribution >= 0.6 is 0 Å². The summed E-state index contributed by atoms with van der Waals surface area (Å²) in [5, 5.41) is 11.1. The molecule has 3 heteroatoms. The highest BCUT2D eigenvalue weighted by molar-refractivity contribution is 5.53. The van der Waals surface area contributed by atoms with Crippen molar-refractivity contribution in [3.63, 3.8) is 0 Å². The molecule has 0 saturated heterocycles. The Morgan fingerprint density at radius 1 is 1.18 bits per heavy atom. The first-order chi connectivity index (χ1) is 8.31. The quantitative estimate of drug-likeness (QED) is 0.703. The van der Waals surface area contributed by atoms with E-state index in [1.165, 1.54) is 32.1 Å². The Labute approximate surface area is 103 Å². The van der Waals surface area contributed by atoms with Crippen LogP contribution in [0.15, 0.2) is 0 Å². The predicted octanol–water partition coefficient (Wildman–Crippen LogP) is 1.57. The zero-order valence-electron chi connectivity index (χ0n) is 10.6. The predicted molar refractivity (Wildman–Crippen MR) is 66.6 cm³/mol. The van der Waals surface area contributed by atoms with Crippen molar-refractivity contribution in [1.82, 2.24) is 0 Å². The van der Waals surface area contributed by atoms with Gasteiger partial charge in [0, 0.05) is 6.42 Å². The summed E-state index contributed by atoms with van der Waals surface area (Å²) in [4.78, 5) is 0. The molecule has 2 saturated carbocycles. The number of fused-ring (bicyclic) bond motifs is 1. The van der Waals surface area contributed by atoms with Crippen LogP contribution in [-0.4, -0.2) is 47.3 Å². The summed E-state index contributed by atoms with van der Waals surface area (Å²) in [7, 11) is 0. The SMILES string of the molecule is OC12CCCCC1CCCC2[N+]1=CCOCC1. The zero-order chi connectivity index (χ0) is 11.7. The minimum Gasteiger partial charge on any atom is -0.383 e. The maximum absolute atomic E-state index is 11.1. The lowest BCUT2D eigenvalue weighted by molar-refractivity contribution is -0.597. The van der Waals surface area contributed by atoms with E-state index < -0.39 is 5.60 Å². The van der Waals surface area contributed by atoms with Gasteiger partial charge in [0.05, 0.1) is 0 Å². The van der Waals surface area contributed by atoms with Gasteiger partial charge in [-0.15, -0.1) is 0 Å². The molecule has 96 valence electrons. The molecule has 3 nitrogen and oxygen atoms in total. The molecule has 17 heavy (non-hydrogen) atoms. The molecular formula is C14H24NO2+. The largest absolute Gasteiger partial charge is 0.383 e. The van der Waals surface area contributed by atoms with Gasteiger partial charge in [-0.05, 0) is 31.6 Å². The van der Waals surface area contributed by atoms with Crippen LogP contribution in [0, 0.1) is 5.92 Å². The zero-order valence-corrected chi connectivity index (χ0v) is 10.6. The molecule has 2 aliphatic carbocycles. The van der Waals surface area contributed by atoms with Gasteiger partial charge in [-0.2, -0.15) is 0 Å². The minimum absolute atomic E-state index is 0.352. The number of nitrogens with zero attached hydrogens (tertiary/aromatic N) is 1. The van der Waals surface area contributed by atoms with E-state index >= 15 is 0 Å². The van der Waals surface area contributed by atoms with E-state index in [0.29, 0.717) is 12.0 Å². The topological polar surface area (TPSA) is 32.5 Å². The van der Waals surface area contributed by atoms with Gasteiger partial charge in [-0.25, -0.2) is 4.58 Å². The van der Waals surface area contributed by atoms with Gasteiger partial charge in [0.2, 0.25) is 0 Å². The third kappa shape index (κ3) is 2.04. The van der Waals surface area contributed by atoms with Crippen LogP contribution in [0.5, 0.6) is 0 Å². The summed E-state index contributed by atoms with van der Waals surface area (Å²) < 4.78 is 7.76. The van der Waals surface area contributed by atoms with Gasteiger partial charge in [0.1, 0.15) is 18.8 Å². The standard InChI is InChI=1S/C14H24NO2/c16-14-7-2-1-4-12(14)5-3-6-13(14)15-8-10-17-11-9-15/h8,12-13,16H,1-7,9-11H2/q+1. The maximum Gasteiger partial charge on any atom is 0.181 e. The molecule has 1 N–H and O–H groups in total. The summed E-state index contributed by atoms with van der Waals surface area (Å²) in [5.74, 6) is 0.547. The molecule has 1 heterocycles. The molecule has 0 amide bonds. The van der Waals surface area contributed by atoms with Gasteiger partial charge in [0.15, 0.2) is 18.8 Å². The van der Waals surface area contributed by atoms with Gasteiger partial charge in [0.25, 0.3) is 0 Å². The first-order valence-electron chi connectivity index (χ1n) is 7.20. The molecule has 0 aromatic heterocycles. The number of hydrogen-bond donors (Lipinski definition) is 1. The van der Waals surface area contributed by atoms with Crippen LogP contribution in [0.25, 0.3) is 0 Å². The summed E-state index contributed by atoms with van der Waals surface area (Å²) in [6.07, 6.45) is 10.6. The van der Waals surface area contributed by atoms with Crippen molar-refractivity contribution in [2.75, 3.05) is 19.8 Å². The normalized spacial score (nSPS) is 42.8. The lowest BCUT2D eigenvalue weighted by Crippen LogP contribution is -2.58. The monoisotopic (exact) mass is 238 g/mol. The van der Waals surface area contributed by atoms with E-state index in [9.17, 15) is 5.11 Å². The molecule has 3 aliphatic rings. The van der Waals surface area contributed by atoms with E-state index in [1.54, 1.807) is 0 Å². The highest BCUT2D eigenvalue weighted by atomic mass is 16.5. The van der Waals surface area contributed by atoms with Crippen LogP contribution in [0.1, 0.15) is 44.9 Å². The van der Waals surface area contributed by atoms with Gasteiger partial charge in [-0.3, -0.25) is 0 Å². The molecule has 2 fully saturated rings. The number of ether oxygens (including phenoxy) is 1. The van der Waals surface area contributed by atoms with E-state index in [1.807, 2.05) is 0 Å². The van der Waals surface area contributed by atoms with Crippen molar-refractivity contribution >= 4 is 6.21 Å². The summed E-state index contributed by atoms with van der Waals surface area (Å²) >= 11 is 0. The number of rotatable bonds is 1. The van der Waals surface area contributed by atoms with Crippen molar-refractivity contribution in [2.24, 2.45) is 5.92 Å². The van der Waals surface area contributed by atoms with Crippen molar-refractivity contribution < 1.29 is 14.4 Å². The van der Waals surface area contributed by atoms with Gasteiger partial charge >= 0.3 is 0 Å². The highest BCUT2D eigenvalue weighted by Crippen LogP contribution is 2.44. The number of hydrogen-bond acceptors (Lipinski definition) is 2. The fraction of sp³-hybridized carbons (Fsp3) is 0.929. The Bertz CT molecular complexity index is 313. The average molecular weight is 238 g/mol. The molecule has 0 spiro atoms. The summed E-state index contributed by atoms with van der Waals surface area (Å²) in [6.45, 7) is 2.49. The maximum atomic E-state index is 11.1. The Kier molecular flexibility index (Phi) is 3.22. The first-order valence-corrected chi connectivity index (χ1v) is 7.20. The Balaban J connectivity index is 1.84. The van der Waals surface area contributed by atoms with Crippen LogP contribution in [0.3, 0.4) is 0 Å². The molecular weight excluding hydrogens is 214 g/mol. The van der Waals surface area contributed by atoms with Crippen molar-refractivity contribution in [3.05, 3.63) is 0 Å². The Morgan fingerprint density at radius 2 is 2.06 bits per heavy atom. The molecule has 0 aromatic carbocycles. The minimum atomic E-state index is -0.412. The second-order valence-corrected chi connectivity index (χ2v) is 5.88. The van der Waals surface area contributed by atoms with E-state index in [-0.39, 0.29) is 0 Å². The molecule has 3 atom stereocenters. The molecule has 0 radical (unpaired) electrons. The van der Waals surface area contributed by atoms with Crippen molar-refractivity contribution in [1.29, 1.82) is 0 Å². The lowest BCUT2D eigenvalue weighted by atomic mass is 9.64. The first kappa shape index (κ1) is 11.7. The fourth-order valence-electron chi connectivity index (χ4n) is 4.12. The summed E-state index contributed by atoms with van der Waals surface area (Å²) in [6, 6.07) is 0.352. The highest BCUT2D eigenvalue weighted by Gasteiger charge is 2.52. The fourth-order valence-corrected chi connectivity index (χ4v) is 4.12. The van der Waals surface area contributed by atoms with Crippen molar-refractivity contribution in [3.8, 4) is 0 Å². The van der Waals surface area contributed by atoms with Crippen LogP contribution in [-0.2, 0) is 4.74 Å². The van der Waals surface area contributed by atoms with Gasteiger partial charge < -0.3 is 9.84 Å². The summed E-state index contributed by atoms with van der Waals surface area (Å²) in [5.41, 5.74) is -0.412. The molecule has 1 aliphatic heterocycles. The second kappa shape index (κ2) is 4.69. The average Bonchev–Trinajstić information content (AvgIpc) is 2.38. The number of aliphatic hydroxyl groups is 1. The second-order valence-electron chi connectivity index (χ2n) is 5.88. The Hall–Kier alpha value is -0.410. The molecule has 3 rings (SSSR count). The molecule has 0 bridgehead atoms. The van der Waals surface area contributed by atoms with Crippen LogP contribution < -0.4 is 0 Å². The van der Waals surface area contributed by atoms with Gasteiger partial charge in [-0.1, -0.05) is 12.8 Å². The van der Waals surface area contributed by atoms with E-state index in [0.717, 1.165) is 32.6 Å². The Morgan fingerprint density at radius 3 is 2.88 bits per heavy atom. The smallest absolute Gasteiger partial charge is 0.181 e. The molecule has 0 aromatic rings. The van der Waals surface area contributed by atoms with Crippen molar-refractivity contribution in [2.45, 2.75) is 56.6 Å². The van der Waals surface area contributed by atoms with Crippen LogP contribution in [0.4, 0.5) is 0 Å². The third-order valence-corrected chi connectivity index (χ3v) is 5.02.